The average molecular weight is 632 g/mol. The molecule has 1 aromatic carbocycles. The number of amides is 3. The van der Waals surface area contributed by atoms with Crippen molar-refractivity contribution < 1.29 is 31.7 Å². The van der Waals surface area contributed by atoms with E-state index in [1.165, 1.54) is 11.0 Å². The highest BCUT2D eigenvalue weighted by atomic mass is 19.4. The number of halogens is 4. The molecule has 45 heavy (non-hydrogen) atoms. The lowest BCUT2D eigenvalue weighted by Gasteiger charge is -2.38. The fraction of sp³-hybridized carbons (Fsp3) is 0.448. The molecule has 3 N–H and O–H groups in total. The van der Waals surface area contributed by atoms with Gasteiger partial charge in [-0.1, -0.05) is 32.9 Å². The highest BCUT2D eigenvalue weighted by Crippen LogP contribution is 2.34. The van der Waals surface area contributed by atoms with Crippen molar-refractivity contribution in [1.29, 1.82) is 0 Å². The van der Waals surface area contributed by atoms with Crippen molar-refractivity contribution >= 4 is 35.2 Å². The van der Waals surface area contributed by atoms with Gasteiger partial charge in [0.15, 0.2) is 11.5 Å². The number of urea groups is 1. The van der Waals surface area contributed by atoms with E-state index < -0.39 is 30.0 Å². The zero-order chi connectivity index (χ0) is 32.5. The molecule has 12 nitrogen and oxygen atoms in total. The summed E-state index contributed by atoms with van der Waals surface area (Å²) in [5.74, 6) is 0.207. The van der Waals surface area contributed by atoms with Gasteiger partial charge in [-0.15, -0.1) is 0 Å². The van der Waals surface area contributed by atoms with Crippen LogP contribution >= 0.6 is 0 Å². The number of hydrogen-bond donors (Lipinski definition) is 3. The maximum absolute atomic E-state index is 15.5. The molecule has 1 aliphatic heterocycles. The number of nitrogens with zero attached hydrogens (tertiary/aromatic N) is 6. The molecule has 0 spiro atoms. The van der Waals surface area contributed by atoms with Crippen LogP contribution in [-0.4, -0.2) is 74.0 Å². The van der Waals surface area contributed by atoms with Crippen LogP contribution in [0.25, 0.3) is 22.2 Å². The van der Waals surface area contributed by atoms with Crippen LogP contribution in [0.3, 0.4) is 0 Å². The molecule has 0 aliphatic carbocycles. The SMILES string of the molecule is C[C@H]1CC[C@@H](Nc2n[nH]c3nccc(-c4ccc(CN(C=O)c5noc(C(C)(C)C)n5)c(F)c4)c23)CN1C(=O)NCC(F)(F)F. The predicted octanol–water partition coefficient (Wildman–Crippen LogP) is 5.14. The van der Waals surface area contributed by atoms with Crippen LogP contribution in [0.2, 0.25) is 0 Å². The number of rotatable bonds is 8. The molecule has 1 saturated heterocycles. The zero-order valence-corrected chi connectivity index (χ0v) is 25.1. The van der Waals surface area contributed by atoms with E-state index in [0.717, 1.165) is 4.90 Å². The molecule has 2 atom stereocenters. The minimum atomic E-state index is -4.51. The minimum absolute atomic E-state index is 0.0249. The Morgan fingerprint density at radius 3 is 2.67 bits per heavy atom. The number of H-pyrrole nitrogens is 1. The Bertz CT molecular complexity index is 1680. The molecule has 3 amide bonds. The molecule has 3 aromatic heterocycles. The van der Waals surface area contributed by atoms with E-state index >= 15 is 4.39 Å². The Hall–Kier alpha value is -4.76. The van der Waals surface area contributed by atoms with Gasteiger partial charge in [-0.25, -0.2) is 14.2 Å². The number of aromatic amines is 1. The van der Waals surface area contributed by atoms with Crippen molar-refractivity contribution in [2.24, 2.45) is 0 Å². The van der Waals surface area contributed by atoms with Gasteiger partial charge in [0.2, 0.25) is 12.3 Å². The molecule has 0 bridgehead atoms. The molecule has 240 valence electrons. The first-order chi connectivity index (χ1) is 21.2. The van der Waals surface area contributed by atoms with Gasteiger partial charge < -0.3 is 20.1 Å². The summed E-state index contributed by atoms with van der Waals surface area (Å²) in [5.41, 5.74) is 1.37. The zero-order valence-electron chi connectivity index (χ0n) is 25.1. The van der Waals surface area contributed by atoms with E-state index in [4.69, 9.17) is 4.52 Å². The lowest BCUT2D eigenvalue weighted by atomic mass is 9.97. The summed E-state index contributed by atoms with van der Waals surface area (Å²) in [4.78, 5) is 35.4. The van der Waals surface area contributed by atoms with Crippen LogP contribution in [-0.2, 0) is 16.8 Å². The maximum atomic E-state index is 15.5. The van der Waals surface area contributed by atoms with Crippen LogP contribution in [0.1, 0.15) is 52.0 Å². The van der Waals surface area contributed by atoms with Gasteiger partial charge in [0.05, 0.1) is 11.9 Å². The number of likely N-dealkylation sites (tertiary alicyclic amines) is 1. The van der Waals surface area contributed by atoms with Crippen molar-refractivity contribution in [1.82, 2.24) is 35.5 Å². The topological polar surface area (TPSA) is 145 Å². The maximum Gasteiger partial charge on any atom is 0.405 e. The summed E-state index contributed by atoms with van der Waals surface area (Å²) < 4.78 is 58.7. The van der Waals surface area contributed by atoms with Crippen molar-refractivity contribution in [2.75, 3.05) is 23.3 Å². The fourth-order valence-electron chi connectivity index (χ4n) is 5.09. The van der Waals surface area contributed by atoms with Gasteiger partial charge in [0.25, 0.3) is 5.95 Å². The van der Waals surface area contributed by atoms with Crippen LogP contribution in [0, 0.1) is 5.82 Å². The third kappa shape index (κ3) is 7.15. The average Bonchev–Trinajstić information content (AvgIpc) is 3.64. The third-order valence-corrected chi connectivity index (χ3v) is 7.53. The van der Waals surface area contributed by atoms with Gasteiger partial charge in [0, 0.05) is 35.8 Å². The Balaban J connectivity index is 1.35. The van der Waals surface area contributed by atoms with E-state index in [2.05, 4.69) is 30.6 Å². The summed E-state index contributed by atoms with van der Waals surface area (Å²) in [6, 6.07) is 4.97. The van der Waals surface area contributed by atoms with E-state index in [1.807, 2.05) is 26.1 Å². The summed E-state index contributed by atoms with van der Waals surface area (Å²) in [6.07, 6.45) is -1.25. The first-order valence-electron chi connectivity index (χ1n) is 14.3. The number of nitrogens with one attached hydrogen (secondary N) is 3. The molecule has 0 unspecified atom stereocenters. The second-order valence-corrected chi connectivity index (χ2v) is 12.0. The Morgan fingerprint density at radius 2 is 2.00 bits per heavy atom. The van der Waals surface area contributed by atoms with Crippen molar-refractivity contribution in [2.45, 2.75) is 70.8 Å². The van der Waals surface area contributed by atoms with Gasteiger partial charge in [-0.2, -0.15) is 23.3 Å². The number of piperidine rings is 1. The van der Waals surface area contributed by atoms with Crippen molar-refractivity contribution in [3.8, 4) is 11.1 Å². The van der Waals surface area contributed by atoms with E-state index in [0.29, 0.717) is 53.1 Å². The fourth-order valence-corrected chi connectivity index (χ4v) is 5.09. The first-order valence-corrected chi connectivity index (χ1v) is 14.3. The van der Waals surface area contributed by atoms with Crippen LogP contribution in [0.4, 0.5) is 34.1 Å². The second kappa shape index (κ2) is 12.3. The Kier molecular flexibility index (Phi) is 8.67. The monoisotopic (exact) mass is 631 g/mol. The van der Waals surface area contributed by atoms with Gasteiger partial charge in [-0.05, 0) is 48.2 Å². The first kappa shape index (κ1) is 31.7. The molecule has 5 rings (SSSR count). The lowest BCUT2D eigenvalue weighted by Crippen LogP contribution is -2.54. The number of aromatic nitrogens is 5. The number of alkyl halides is 3. The van der Waals surface area contributed by atoms with E-state index in [-0.39, 0.29) is 36.7 Å². The molecular weight excluding hydrogens is 598 g/mol. The van der Waals surface area contributed by atoms with Crippen molar-refractivity contribution in [3.63, 3.8) is 0 Å². The van der Waals surface area contributed by atoms with E-state index in [9.17, 15) is 22.8 Å². The summed E-state index contributed by atoms with van der Waals surface area (Å²) in [6.45, 7) is 6.06. The summed E-state index contributed by atoms with van der Waals surface area (Å²) in [7, 11) is 0. The standard InChI is InChI=1S/C29H33F4N9O3/c1-16-5-8-19(13-42(16)27(44)35-14-29(31,32)33)36-24-22-20(9-10-34-23(22)38-39-24)17-6-7-18(21(30)11-17)12-41(15-43)26-37-25(45-40-26)28(2,3)4/h6-7,9-11,15-16,19H,5,8,12-14H2,1-4H3,(H,35,44)(H2,34,36,38,39)/t16-,19+/m0/s1. The molecule has 16 heteroatoms. The largest absolute Gasteiger partial charge is 0.405 e. The number of carbonyl (C=O) groups excluding carboxylic acids is 2. The van der Waals surface area contributed by atoms with Gasteiger partial charge in [0.1, 0.15) is 12.4 Å². The highest BCUT2D eigenvalue weighted by Gasteiger charge is 2.33. The predicted molar refractivity (Wildman–Crippen MR) is 157 cm³/mol. The number of benzene rings is 1. The normalized spacial score (nSPS) is 17.4. The van der Waals surface area contributed by atoms with Crippen LogP contribution in [0.5, 0.6) is 0 Å². The Morgan fingerprint density at radius 1 is 1.22 bits per heavy atom. The van der Waals surface area contributed by atoms with Gasteiger partial charge in [-0.3, -0.25) is 14.8 Å². The number of hydrogen-bond acceptors (Lipinski definition) is 8. The molecule has 1 fully saturated rings. The Labute approximate surface area is 255 Å². The molecular formula is C29H33F4N9O3. The van der Waals surface area contributed by atoms with Crippen LogP contribution in [0.15, 0.2) is 35.0 Å². The molecule has 0 radical (unpaired) electrons. The number of pyridine rings is 1. The molecule has 4 heterocycles. The minimum Gasteiger partial charge on any atom is -0.364 e. The lowest BCUT2D eigenvalue weighted by molar-refractivity contribution is -0.123. The quantitative estimate of drug-likeness (QED) is 0.179. The van der Waals surface area contributed by atoms with E-state index in [1.54, 1.807) is 31.3 Å². The highest BCUT2D eigenvalue weighted by molar-refractivity contribution is 6.00. The molecule has 4 aromatic rings. The van der Waals surface area contributed by atoms with Gasteiger partial charge >= 0.3 is 12.2 Å². The number of fused-ring (bicyclic) bond motifs is 1. The second-order valence-electron chi connectivity index (χ2n) is 12.0. The van der Waals surface area contributed by atoms with Crippen LogP contribution < -0.4 is 15.5 Å². The third-order valence-electron chi connectivity index (χ3n) is 7.53. The number of carbonyl (C=O) groups is 2. The summed E-state index contributed by atoms with van der Waals surface area (Å²) in [5, 5.41) is 16.9. The number of anilines is 2. The van der Waals surface area contributed by atoms with Crippen molar-refractivity contribution in [3.05, 3.63) is 47.7 Å². The molecule has 1 aliphatic rings. The smallest absolute Gasteiger partial charge is 0.364 e. The molecule has 0 saturated carbocycles. The summed E-state index contributed by atoms with van der Waals surface area (Å²) >= 11 is 0.